The SMILES string of the molecule is CCOc1cc(/C=C(\C#N)C(=O)Nc2ccc(O)cc2)ccc1OCc1ccc(C)c(C)c1. The van der Waals surface area contributed by atoms with Crippen LogP contribution in [0.4, 0.5) is 5.69 Å². The summed E-state index contributed by atoms with van der Waals surface area (Å²) in [6.45, 7) is 6.85. The van der Waals surface area contributed by atoms with Gasteiger partial charge in [-0.2, -0.15) is 5.26 Å². The van der Waals surface area contributed by atoms with Crippen LogP contribution in [0.2, 0.25) is 0 Å². The molecule has 0 heterocycles. The molecule has 0 fully saturated rings. The maximum absolute atomic E-state index is 12.5. The fourth-order valence-corrected chi connectivity index (χ4v) is 3.11. The predicted octanol–water partition coefficient (Wildman–Crippen LogP) is 5.53. The number of amides is 1. The largest absolute Gasteiger partial charge is 0.508 e. The number of aromatic hydroxyl groups is 1. The number of phenols is 1. The first-order valence-electron chi connectivity index (χ1n) is 10.6. The number of benzene rings is 3. The van der Waals surface area contributed by atoms with E-state index in [-0.39, 0.29) is 11.3 Å². The number of carbonyl (C=O) groups is 1. The number of nitrogens with one attached hydrogen (secondary N) is 1. The topological polar surface area (TPSA) is 91.6 Å². The van der Waals surface area contributed by atoms with Gasteiger partial charge in [0.25, 0.3) is 5.91 Å². The van der Waals surface area contributed by atoms with Crippen molar-refractivity contribution in [3.63, 3.8) is 0 Å². The molecule has 168 valence electrons. The lowest BCUT2D eigenvalue weighted by Gasteiger charge is -2.13. The van der Waals surface area contributed by atoms with Crippen molar-refractivity contribution in [1.82, 2.24) is 0 Å². The standard InChI is InChI=1S/C27H26N2O4/c1-4-32-26-15-20(7-12-25(26)33-17-21-6-5-18(2)19(3)13-21)14-22(16-28)27(31)29-23-8-10-24(30)11-9-23/h5-15,30H,4,17H2,1-3H3,(H,29,31)/b22-14+. The highest BCUT2D eigenvalue weighted by Gasteiger charge is 2.12. The quantitative estimate of drug-likeness (QED) is 0.272. The smallest absolute Gasteiger partial charge is 0.266 e. The Balaban J connectivity index is 1.77. The van der Waals surface area contributed by atoms with E-state index < -0.39 is 5.91 Å². The maximum atomic E-state index is 12.5. The summed E-state index contributed by atoms with van der Waals surface area (Å²) in [7, 11) is 0. The van der Waals surface area contributed by atoms with Gasteiger partial charge in [0.05, 0.1) is 6.61 Å². The highest BCUT2D eigenvalue weighted by atomic mass is 16.5. The van der Waals surface area contributed by atoms with Crippen molar-refractivity contribution >= 4 is 17.7 Å². The Morgan fingerprint density at radius 1 is 1.00 bits per heavy atom. The van der Waals surface area contributed by atoms with Crippen LogP contribution in [-0.2, 0) is 11.4 Å². The third-order valence-electron chi connectivity index (χ3n) is 5.03. The van der Waals surface area contributed by atoms with E-state index in [0.717, 1.165) is 5.56 Å². The molecule has 0 spiro atoms. The number of aryl methyl sites for hydroxylation is 2. The number of phenolic OH excluding ortho intramolecular Hbond substituents is 1. The summed E-state index contributed by atoms with van der Waals surface area (Å²) in [5.74, 6) is 0.661. The van der Waals surface area contributed by atoms with Crippen molar-refractivity contribution in [1.29, 1.82) is 5.26 Å². The molecule has 0 unspecified atom stereocenters. The highest BCUT2D eigenvalue weighted by Crippen LogP contribution is 2.30. The van der Waals surface area contributed by atoms with Crippen LogP contribution in [0.25, 0.3) is 6.08 Å². The average Bonchev–Trinajstić information content (AvgIpc) is 2.80. The van der Waals surface area contributed by atoms with E-state index in [9.17, 15) is 15.2 Å². The zero-order chi connectivity index (χ0) is 23.8. The Morgan fingerprint density at radius 3 is 2.42 bits per heavy atom. The van der Waals surface area contributed by atoms with E-state index in [1.54, 1.807) is 30.3 Å². The van der Waals surface area contributed by atoms with Gasteiger partial charge in [0.2, 0.25) is 0 Å². The molecular weight excluding hydrogens is 416 g/mol. The Morgan fingerprint density at radius 2 is 1.76 bits per heavy atom. The van der Waals surface area contributed by atoms with Gasteiger partial charge in [0, 0.05) is 5.69 Å². The number of ether oxygens (including phenoxy) is 2. The molecule has 6 nitrogen and oxygen atoms in total. The van der Waals surface area contributed by atoms with Crippen LogP contribution in [0.5, 0.6) is 17.2 Å². The first-order chi connectivity index (χ1) is 15.9. The highest BCUT2D eigenvalue weighted by molar-refractivity contribution is 6.09. The van der Waals surface area contributed by atoms with Gasteiger partial charge < -0.3 is 19.9 Å². The van der Waals surface area contributed by atoms with Gasteiger partial charge in [-0.3, -0.25) is 4.79 Å². The van der Waals surface area contributed by atoms with E-state index >= 15 is 0 Å². The minimum absolute atomic E-state index is 0.0608. The minimum atomic E-state index is -0.545. The van der Waals surface area contributed by atoms with E-state index in [4.69, 9.17) is 9.47 Å². The van der Waals surface area contributed by atoms with Crippen LogP contribution in [0.3, 0.4) is 0 Å². The van der Waals surface area contributed by atoms with Gasteiger partial charge >= 0.3 is 0 Å². The normalized spacial score (nSPS) is 10.9. The van der Waals surface area contributed by atoms with Gasteiger partial charge in [-0.05, 0) is 85.5 Å². The van der Waals surface area contributed by atoms with Gasteiger partial charge in [-0.25, -0.2) is 0 Å². The lowest BCUT2D eigenvalue weighted by Crippen LogP contribution is -2.13. The van der Waals surface area contributed by atoms with Gasteiger partial charge in [-0.1, -0.05) is 24.3 Å². The Bertz CT molecular complexity index is 1210. The summed E-state index contributed by atoms with van der Waals surface area (Å²) < 4.78 is 11.7. The number of hydrogen-bond donors (Lipinski definition) is 2. The Hall–Kier alpha value is -4.24. The van der Waals surface area contributed by atoms with Crippen LogP contribution in [-0.4, -0.2) is 17.6 Å². The maximum Gasteiger partial charge on any atom is 0.266 e. The Kier molecular flexibility index (Phi) is 7.72. The van der Waals surface area contributed by atoms with Gasteiger partial charge in [0.1, 0.15) is 24.0 Å². The summed E-state index contributed by atoms with van der Waals surface area (Å²) in [6, 6.07) is 19.4. The van der Waals surface area contributed by atoms with Crippen LogP contribution >= 0.6 is 0 Å². The molecule has 0 atom stereocenters. The summed E-state index contributed by atoms with van der Waals surface area (Å²) in [5, 5.41) is 21.5. The van der Waals surface area contributed by atoms with Crippen molar-refractivity contribution in [3.8, 4) is 23.3 Å². The second-order valence-corrected chi connectivity index (χ2v) is 7.52. The molecular formula is C27H26N2O4. The second kappa shape index (κ2) is 10.9. The molecule has 1 amide bonds. The number of rotatable bonds is 8. The minimum Gasteiger partial charge on any atom is -0.508 e. The first-order valence-corrected chi connectivity index (χ1v) is 10.6. The second-order valence-electron chi connectivity index (χ2n) is 7.52. The lowest BCUT2D eigenvalue weighted by molar-refractivity contribution is -0.112. The van der Waals surface area contributed by atoms with E-state index in [1.165, 1.54) is 29.3 Å². The molecule has 0 aromatic heterocycles. The summed E-state index contributed by atoms with van der Waals surface area (Å²) >= 11 is 0. The molecule has 0 saturated heterocycles. The third-order valence-corrected chi connectivity index (χ3v) is 5.03. The van der Waals surface area contributed by atoms with Crippen molar-refractivity contribution in [2.24, 2.45) is 0 Å². The zero-order valence-electron chi connectivity index (χ0n) is 18.9. The molecule has 6 heteroatoms. The summed E-state index contributed by atoms with van der Waals surface area (Å²) in [5.41, 5.74) is 4.54. The Labute approximate surface area is 193 Å². The van der Waals surface area contributed by atoms with Gasteiger partial charge in [0.15, 0.2) is 11.5 Å². The number of anilines is 1. The molecule has 0 radical (unpaired) electrons. The van der Waals surface area contributed by atoms with Crippen molar-refractivity contribution in [2.45, 2.75) is 27.4 Å². The molecule has 0 aliphatic carbocycles. The lowest BCUT2D eigenvalue weighted by atomic mass is 10.1. The number of nitrogens with zero attached hydrogens (tertiary/aromatic N) is 1. The van der Waals surface area contributed by atoms with E-state index in [2.05, 4.69) is 31.3 Å². The van der Waals surface area contributed by atoms with Crippen molar-refractivity contribution in [3.05, 3.63) is 88.5 Å². The fraction of sp³-hybridized carbons (Fsp3) is 0.185. The fourth-order valence-electron chi connectivity index (χ4n) is 3.11. The molecule has 0 bridgehead atoms. The summed E-state index contributed by atoms with van der Waals surface area (Å²) in [6.07, 6.45) is 1.49. The van der Waals surface area contributed by atoms with Crippen LogP contribution < -0.4 is 14.8 Å². The molecule has 0 aliphatic heterocycles. The molecule has 0 saturated carbocycles. The number of carbonyl (C=O) groups excluding carboxylic acids is 1. The van der Waals surface area contributed by atoms with Crippen LogP contribution in [0.1, 0.15) is 29.2 Å². The summed E-state index contributed by atoms with van der Waals surface area (Å²) in [4.78, 5) is 12.5. The van der Waals surface area contributed by atoms with E-state index in [1.807, 2.05) is 19.1 Å². The van der Waals surface area contributed by atoms with E-state index in [0.29, 0.717) is 36.0 Å². The third kappa shape index (κ3) is 6.37. The van der Waals surface area contributed by atoms with Crippen molar-refractivity contribution in [2.75, 3.05) is 11.9 Å². The molecule has 2 N–H and O–H groups in total. The predicted molar refractivity (Wildman–Crippen MR) is 128 cm³/mol. The molecule has 3 rings (SSSR count). The van der Waals surface area contributed by atoms with Gasteiger partial charge in [-0.15, -0.1) is 0 Å². The first kappa shape index (κ1) is 23.4. The molecule has 33 heavy (non-hydrogen) atoms. The average molecular weight is 443 g/mol. The zero-order valence-corrected chi connectivity index (χ0v) is 18.9. The number of hydrogen-bond acceptors (Lipinski definition) is 5. The van der Waals surface area contributed by atoms with Crippen LogP contribution in [0, 0.1) is 25.2 Å². The van der Waals surface area contributed by atoms with Crippen LogP contribution in [0.15, 0.2) is 66.2 Å². The number of nitriles is 1. The monoisotopic (exact) mass is 442 g/mol. The molecule has 0 aliphatic rings. The molecule has 3 aromatic carbocycles. The van der Waals surface area contributed by atoms with Crippen molar-refractivity contribution < 1.29 is 19.4 Å². The molecule has 3 aromatic rings.